The zero-order valence-corrected chi connectivity index (χ0v) is 33.4. The van der Waals surface area contributed by atoms with Crippen molar-refractivity contribution in [3.8, 4) is 22.3 Å². The van der Waals surface area contributed by atoms with Gasteiger partial charge in [0.25, 0.3) is 0 Å². The van der Waals surface area contributed by atoms with Crippen LogP contribution in [0.5, 0.6) is 0 Å². The molecule has 10 aromatic carbocycles. The van der Waals surface area contributed by atoms with Crippen LogP contribution >= 0.6 is 0 Å². The molecule has 0 saturated heterocycles. The molecule has 62 heavy (non-hydrogen) atoms. The molecular formula is C59H34N2O. The summed E-state index contributed by atoms with van der Waals surface area (Å²) in [5.41, 5.74) is 18.7. The fourth-order valence-electron chi connectivity index (χ4n) is 12.0. The number of fused-ring (bicyclic) bond motifs is 17. The molecule has 3 nitrogen and oxygen atoms in total. The van der Waals surface area contributed by atoms with Gasteiger partial charge in [-0.05, 0) is 109 Å². The molecule has 0 fully saturated rings. The summed E-state index contributed by atoms with van der Waals surface area (Å²) in [5, 5.41) is 9.76. The van der Waals surface area contributed by atoms with Crippen LogP contribution in [0.1, 0.15) is 22.3 Å². The minimum absolute atomic E-state index is 0.442. The summed E-state index contributed by atoms with van der Waals surface area (Å²) in [4.78, 5) is 2.42. The molecule has 0 radical (unpaired) electrons. The molecule has 1 atom stereocenters. The molecule has 0 N–H and O–H groups in total. The molecule has 286 valence electrons. The molecule has 2 aliphatic rings. The van der Waals surface area contributed by atoms with Crippen molar-refractivity contribution < 1.29 is 4.42 Å². The van der Waals surface area contributed by atoms with E-state index in [2.05, 4.69) is 216 Å². The molecule has 0 bridgehead atoms. The maximum Gasteiger partial charge on any atom is 0.138 e. The van der Waals surface area contributed by atoms with Gasteiger partial charge in [0, 0.05) is 39.0 Å². The molecule has 3 heteroatoms. The van der Waals surface area contributed by atoms with Gasteiger partial charge in [0.15, 0.2) is 0 Å². The van der Waals surface area contributed by atoms with Crippen molar-refractivity contribution >= 4 is 87.9 Å². The van der Waals surface area contributed by atoms with Gasteiger partial charge in [0.05, 0.1) is 33.0 Å². The fraction of sp³-hybridized carbons (Fsp3) is 0.0169. The summed E-state index contributed by atoms with van der Waals surface area (Å²) in [6.07, 6.45) is 0. The van der Waals surface area contributed by atoms with Crippen molar-refractivity contribution in [3.05, 3.63) is 229 Å². The van der Waals surface area contributed by atoms with Gasteiger partial charge in [-0.3, -0.25) is 0 Å². The molecule has 1 unspecified atom stereocenters. The Morgan fingerprint density at radius 2 is 1.03 bits per heavy atom. The molecule has 0 saturated carbocycles. The van der Waals surface area contributed by atoms with Crippen LogP contribution in [0, 0.1) is 0 Å². The van der Waals surface area contributed by atoms with Crippen molar-refractivity contribution in [1.29, 1.82) is 0 Å². The Kier molecular flexibility index (Phi) is 6.10. The van der Waals surface area contributed by atoms with Crippen LogP contribution in [-0.2, 0) is 5.41 Å². The summed E-state index contributed by atoms with van der Waals surface area (Å²) in [5.74, 6) is 0. The van der Waals surface area contributed by atoms with Gasteiger partial charge < -0.3 is 13.7 Å². The smallest absolute Gasteiger partial charge is 0.138 e. The van der Waals surface area contributed by atoms with E-state index < -0.39 is 5.41 Å². The average Bonchev–Trinajstić information content (AvgIpc) is 4.03. The third kappa shape index (κ3) is 3.88. The number of anilines is 3. The highest BCUT2D eigenvalue weighted by atomic mass is 16.3. The third-order valence-electron chi connectivity index (χ3n) is 14.3. The SMILES string of the molecule is c1ccc(N(c2ccc3c(c2)-c2ccccc2C32c3ccccc3-c3c2ccc2ccccc32)c2cc3oc4cccc5c4c3c(c2)c2cccc3c4ccccc4n5c23)cc1. The minimum atomic E-state index is -0.442. The molecule has 0 aliphatic heterocycles. The largest absolute Gasteiger partial charge is 0.456 e. The molecule has 1 spiro atoms. The molecule has 3 heterocycles. The second kappa shape index (κ2) is 11.6. The van der Waals surface area contributed by atoms with Crippen LogP contribution < -0.4 is 4.90 Å². The normalized spacial score (nSPS) is 15.2. The van der Waals surface area contributed by atoms with Crippen LogP contribution in [0.4, 0.5) is 17.1 Å². The average molecular weight is 787 g/mol. The predicted octanol–water partition coefficient (Wildman–Crippen LogP) is 15.7. The van der Waals surface area contributed by atoms with Crippen molar-refractivity contribution in [1.82, 2.24) is 4.40 Å². The topological polar surface area (TPSA) is 20.8 Å². The Bertz CT molecular complexity index is 4060. The summed E-state index contributed by atoms with van der Waals surface area (Å²) in [6, 6.07) is 76.5. The van der Waals surface area contributed by atoms with Crippen molar-refractivity contribution in [2.24, 2.45) is 0 Å². The van der Waals surface area contributed by atoms with E-state index in [-0.39, 0.29) is 0 Å². The first kappa shape index (κ1) is 32.7. The number of hydrogen-bond donors (Lipinski definition) is 0. The van der Waals surface area contributed by atoms with E-state index in [9.17, 15) is 0 Å². The molecule has 0 amide bonds. The minimum Gasteiger partial charge on any atom is -0.456 e. The summed E-state index contributed by atoms with van der Waals surface area (Å²) in [7, 11) is 0. The molecule has 15 rings (SSSR count). The van der Waals surface area contributed by atoms with E-state index >= 15 is 0 Å². The maximum absolute atomic E-state index is 6.91. The fourth-order valence-corrected chi connectivity index (χ4v) is 12.0. The molecule has 2 aliphatic carbocycles. The van der Waals surface area contributed by atoms with Crippen molar-refractivity contribution in [2.45, 2.75) is 5.41 Å². The van der Waals surface area contributed by atoms with Crippen molar-refractivity contribution in [2.75, 3.05) is 4.90 Å². The Hall–Kier alpha value is -8.14. The van der Waals surface area contributed by atoms with Crippen molar-refractivity contribution in [3.63, 3.8) is 0 Å². The number of rotatable bonds is 3. The Balaban J connectivity index is 1.03. The van der Waals surface area contributed by atoms with E-state index in [1.54, 1.807) is 0 Å². The first-order chi connectivity index (χ1) is 30.8. The second-order valence-corrected chi connectivity index (χ2v) is 17.1. The summed E-state index contributed by atoms with van der Waals surface area (Å²) in [6.45, 7) is 0. The number of aromatic nitrogens is 1. The van der Waals surface area contributed by atoms with Crippen LogP contribution in [-0.4, -0.2) is 4.40 Å². The maximum atomic E-state index is 6.91. The Labute approximate surface area is 356 Å². The monoisotopic (exact) mass is 786 g/mol. The lowest BCUT2D eigenvalue weighted by atomic mass is 9.70. The standard InChI is InChI=1S/C59H34N2O/c1-2-15-36(16-3-1)60(38-33-46-43-22-12-21-42-41-19-8-11-25-51(41)61(58(42)43)52-26-13-27-53-57(52)56(46)54(34-38)62-53)37-29-31-49-45(32-37)40-18-6-9-23-47(40)59(49)48-24-10-7-20-44(48)55-39-17-5-4-14-35(39)28-30-50(55)59/h1-34H. The quantitative estimate of drug-likeness (QED) is 0.178. The van der Waals surface area contributed by atoms with Gasteiger partial charge in [-0.1, -0.05) is 152 Å². The predicted molar refractivity (Wildman–Crippen MR) is 257 cm³/mol. The second-order valence-electron chi connectivity index (χ2n) is 17.1. The lowest BCUT2D eigenvalue weighted by Crippen LogP contribution is -2.25. The summed E-state index contributed by atoms with van der Waals surface area (Å²) < 4.78 is 9.37. The van der Waals surface area contributed by atoms with E-state index in [1.165, 1.54) is 87.9 Å². The Morgan fingerprint density at radius 1 is 0.371 bits per heavy atom. The van der Waals surface area contributed by atoms with Gasteiger partial charge in [-0.15, -0.1) is 0 Å². The molecule has 3 aromatic heterocycles. The zero-order chi connectivity index (χ0) is 40.3. The van der Waals surface area contributed by atoms with Gasteiger partial charge in [-0.25, -0.2) is 0 Å². The van der Waals surface area contributed by atoms with Gasteiger partial charge in [0.2, 0.25) is 0 Å². The highest BCUT2D eigenvalue weighted by molar-refractivity contribution is 6.30. The molecular weight excluding hydrogens is 753 g/mol. The van der Waals surface area contributed by atoms with E-state index in [4.69, 9.17) is 4.42 Å². The number of para-hydroxylation sites is 3. The van der Waals surface area contributed by atoms with Gasteiger partial charge >= 0.3 is 0 Å². The lowest BCUT2D eigenvalue weighted by molar-refractivity contribution is 0.669. The number of nitrogens with zero attached hydrogens (tertiary/aromatic N) is 2. The Morgan fingerprint density at radius 3 is 1.92 bits per heavy atom. The first-order valence-electron chi connectivity index (χ1n) is 21.5. The highest BCUT2D eigenvalue weighted by Gasteiger charge is 2.52. The number of hydrogen-bond acceptors (Lipinski definition) is 2. The van der Waals surface area contributed by atoms with Gasteiger partial charge in [-0.2, -0.15) is 0 Å². The first-order valence-corrected chi connectivity index (χ1v) is 21.5. The van der Waals surface area contributed by atoms with E-state index in [0.29, 0.717) is 0 Å². The lowest BCUT2D eigenvalue weighted by Gasteiger charge is -2.31. The van der Waals surface area contributed by atoms with E-state index in [1.807, 2.05) is 0 Å². The van der Waals surface area contributed by atoms with Gasteiger partial charge in [0.1, 0.15) is 11.2 Å². The van der Waals surface area contributed by atoms with E-state index in [0.717, 1.165) is 44.5 Å². The summed E-state index contributed by atoms with van der Waals surface area (Å²) >= 11 is 0. The number of furan rings is 1. The third-order valence-corrected chi connectivity index (χ3v) is 14.3. The van der Waals surface area contributed by atoms with Crippen LogP contribution in [0.3, 0.4) is 0 Å². The number of benzene rings is 10. The zero-order valence-electron chi connectivity index (χ0n) is 33.4. The van der Waals surface area contributed by atoms with Crippen LogP contribution in [0.15, 0.2) is 211 Å². The van der Waals surface area contributed by atoms with Crippen LogP contribution in [0.25, 0.3) is 93.1 Å². The molecule has 13 aromatic rings. The highest BCUT2D eigenvalue weighted by Crippen LogP contribution is 2.64. The van der Waals surface area contributed by atoms with Crippen LogP contribution in [0.2, 0.25) is 0 Å².